The zero-order valence-corrected chi connectivity index (χ0v) is 46.7. The molecule has 3 fully saturated rings. The zero-order chi connectivity index (χ0) is 58.2. The summed E-state index contributed by atoms with van der Waals surface area (Å²) in [4.78, 5) is 86.5. The van der Waals surface area contributed by atoms with E-state index in [4.69, 9.17) is 61.7 Å². The van der Waals surface area contributed by atoms with Crippen molar-refractivity contribution in [1.82, 2.24) is 39.7 Å². The van der Waals surface area contributed by atoms with Crippen LogP contribution in [0.25, 0.3) is 16.9 Å². The van der Waals surface area contributed by atoms with Gasteiger partial charge in [0.05, 0.1) is 184 Å². The van der Waals surface area contributed by atoms with Crippen molar-refractivity contribution in [3.63, 3.8) is 0 Å². The molecule has 83 heavy (non-hydrogen) atoms. The van der Waals surface area contributed by atoms with Gasteiger partial charge in [-0.05, 0) is 37.1 Å². The number of hydrogen-bond acceptors (Lipinski definition) is 22. The fourth-order valence-electron chi connectivity index (χ4n) is 8.48. The quantitative estimate of drug-likeness (QED) is 0.0363. The van der Waals surface area contributed by atoms with Gasteiger partial charge in [-0.1, -0.05) is 23.4 Å². The van der Waals surface area contributed by atoms with Crippen LogP contribution in [0, 0.1) is 0 Å². The summed E-state index contributed by atoms with van der Waals surface area (Å²) >= 11 is 0. The first-order chi connectivity index (χ1) is 40.7. The number of fused-ring (bicyclic) bond motifs is 1. The number of piperidine rings is 1. The Hall–Kier alpha value is -6.61. The third-order valence-corrected chi connectivity index (χ3v) is 12.8. The number of pyridine rings is 1. The smallest absolute Gasteiger partial charge is 0.335 e. The molecule has 0 unspecified atom stereocenters. The summed E-state index contributed by atoms with van der Waals surface area (Å²) in [5.74, 6) is -1.73. The van der Waals surface area contributed by atoms with E-state index in [2.05, 4.69) is 25.9 Å². The first-order valence-corrected chi connectivity index (χ1v) is 27.9. The molecule has 3 aliphatic heterocycles. The molecule has 7 amide bonds. The number of ether oxygens (including phenoxy) is 12. The van der Waals surface area contributed by atoms with Crippen LogP contribution in [0.15, 0.2) is 61.1 Å². The van der Waals surface area contributed by atoms with E-state index in [0.717, 1.165) is 10.5 Å². The van der Waals surface area contributed by atoms with Crippen molar-refractivity contribution >= 4 is 52.9 Å². The van der Waals surface area contributed by atoms with Crippen molar-refractivity contribution in [3.8, 4) is 11.3 Å². The van der Waals surface area contributed by atoms with E-state index in [1.54, 1.807) is 38.4 Å². The van der Waals surface area contributed by atoms with Gasteiger partial charge in [0.1, 0.15) is 22.7 Å². The predicted octanol–water partition coefficient (Wildman–Crippen LogP) is 1.91. The molecule has 2 N–H and O–H groups in total. The maximum Gasteiger partial charge on any atom is 0.335 e. The van der Waals surface area contributed by atoms with Crippen LogP contribution in [0.1, 0.15) is 32.1 Å². The number of hydrogen-bond donors (Lipinski definition) is 2. The maximum atomic E-state index is 13.7. The highest BCUT2D eigenvalue weighted by atomic mass is 16.7. The molecule has 0 aliphatic carbocycles. The van der Waals surface area contributed by atoms with Crippen LogP contribution in [-0.2, 0) is 87.4 Å². The Labute approximate surface area is 480 Å². The minimum Gasteiger partial charge on any atom is -0.378 e. The largest absolute Gasteiger partial charge is 0.378 e. The van der Waals surface area contributed by atoms with Gasteiger partial charge in [0.15, 0.2) is 0 Å². The van der Waals surface area contributed by atoms with E-state index in [1.165, 1.54) is 6.20 Å². The lowest BCUT2D eigenvalue weighted by atomic mass is 9.87. The highest BCUT2D eigenvalue weighted by Gasteiger charge is 2.54. The van der Waals surface area contributed by atoms with Gasteiger partial charge in [0, 0.05) is 43.4 Å². The number of nitrogens with one attached hydrogen (secondary N) is 2. The van der Waals surface area contributed by atoms with E-state index in [9.17, 15) is 28.8 Å². The highest BCUT2D eigenvalue weighted by molar-refractivity contribution is 6.23. The molecule has 0 atom stereocenters. The third-order valence-electron chi connectivity index (χ3n) is 12.8. The summed E-state index contributed by atoms with van der Waals surface area (Å²) in [5, 5.41) is 14.9. The maximum absolute atomic E-state index is 13.7. The fourth-order valence-corrected chi connectivity index (χ4v) is 8.48. The molecular formula is C54H76N10O19. The summed E-state index contributed by atoms with van der Waals surface area (Å²) in [5.41, 5.74) is 1.51. The van der Waals surface area contributed by atoms with Crippen LogP contribution < -0.4 is 15.5 Å². The molecular weight excluding hydrogens is 1090 g/mol. The molecule has 456 valence electrons. The number of nitrogens with zero attached hydrogens (tertiary/aromatic N) is 8. The number of benzene rings is 1. The first kappa shape index (κ1) is 64.0. The van der Waals surface area contributed by atoms with Crippen LogP contribution >= 0.6 is 0 Å². The number of rotatable bonds is 43. The van der Waals surface area contributed by atoms with Crippen LogP contribution in [0.5, 0.6) is 0 Å². The van der Waals surface area contributed by atoms with Gasteiger partial charge in [-0.2, -0.15) is 0 Å². The highest BCUT2D eigenvalue weighted by Crippen LogP contribution is 2.33. The second kappa shape index (κ2) is 36.2. The van der Waals surface area contributed by atoms with E-state index in [1.807, 2.05) is 30.5 Å². The van der Waals surface area contributed by atoms with Crippen molar-refractivity contribution < 1.29 is 90.4 Å². The van der Waals surface area contributed by atoms with E-state index in [0.29, 0.717) is 180 Å². The summed E-state index contributed by atoms with van der Waals surface area (Å²) < 4.78 is 69.5. The van der Waals surface area contributed by atoms with Gasteiger partial charge in [-0.15, -0.1) is 10.2 Å². The second-order valence-electron chi connectivity index (χ2n) is 18.7. The van der Waals surface area contributed by atoms with Crippen LogP contribution in [0.2, 0.25) is 0 Å². The summed E-state index contributed by atoms with van der Waals surface area (Å²) in [6.07, 6.45) is 5.63. The Balaban J connectivity index is 0.568. The molecule has 1 aromatic carbocycles. The summed E-state index contributed by atoms with van der Waals surface area (Å²) in [6.45, 7) is 10.8. The van der Waals surface area contributed by atoms with Crippen molar-refractivity contribution in [2.45, 2.75) is 44.2 Å². The van der Waals surface area contributed by atoms with Crippen LogP contribution in [-0.4, -0.2) is 247 Å². The molecule has 3 aliphatic rings. The lowest BCUT2D eigenvalue weighted by Crippen LogP contribution is -2.56. The van der Waals surface area contributed by atoms with Gasteiger partial charge in [-0.3, -0.25) is 18.8 Å². The van der Waals surface area contributed by atoms with E-state index in [-0.39, 0.29) is 70.3 Å². The van der Waals surface area contributed by atoms with Crippen LogP contribution in [0.3, 0.4) is 0 Å². The number of carbonyl (C=O) groups is 6. The molecule has 4 aromatic rings. The van der Waals surface area contributed by atoms with Gasteiger partial charge >= 0.3 is 18.0 Å². The molecule has 3 saturated heterocycles. The lowest BCUT2D eigenvalue weighted by Gasteiger charge is -2.37. The van der Waals surface area contributed by atoms with Crippen molar-refractivity contribution in [2.75, 3.05) is 182 Å². The number of carbonyl (C=O) groups excluding carboxylic acids is 6. The first-order valence-electron chi connectivity index (χ1n) is 27.9. The Morgan fingerprint density at radius 1 is 0.590 bits per heavy atom. The van der Waals surface area contributed by atoms with Crippen molar-refractivity contribution in [2.24, 2.45) is 0 Å². The topological polar surface area (TPSA) is 304 Å². The predicted molar refractivity (Wildman–Crippen MR) is 291 cm³/mol. The normalized spacial score (nSPS) is 15.2. The minimum atomic E-state index is -1.10. The third kappa shape index (κ3) is 21.5. The zero-order valence-electron chi connectivity index (χ0n) is 46.7. The molecule has 0 saturated carbocycles. The number of urea groups is 2. The fraction of sp³-hybridized carbons (Fsp3) is 0.611. The number of aromatic nitrogens is 5. The molecule has 7 rings (SSSR count). The van der Waals surface area contributed by atoms with Gasteiger partial charge < -0.3 is 77.2 Å². The summed E-state index contributed by atoms with van der Waals surface area (Å²) in [7, 11) is 0. The Morgan fingerprint density at radius 3 is 1.60 bits per heavy atom. The molecule has 1 spiro atoms. The SMILES string of the molecule is O=C(CCOCCOCCOCCOCCOCCOCCOCCOCCOCCOCCOCCOCCn1cc(-c2cccc(NC(=O)N3CCC4(CC3)NC(=O)N(c3cnc5ccccn35)C4=O)c2)nn1)ON1C(=O)CCC1=O. The van der Waals surface area contributed by atoms with Crippen molar-refractivity contribution in [3.05, 3.63) is 61.1 Å². The number of anilines is 2. The van der Waals surface area contributed by atoms with Crippen LogP contribution in [0.4, 0.5) is 21.1 Å². The molecule has 0 bridgehead atoms. The molecule has 0 radical (unpaired) electrons. The van der Waals surface area contributed by atoms with Gasteiger partial charge in [-0.25, -0.2) is 28.9 Å². The number of hydroxylamine groups is 2. The average molecular weight is 1170 g/mol. The molecule has 6 heterocycles. The van der Waals surface area contributed by atoms with Crippen molar-refractivity contribution in [1.29, 1.82) is 0 Å². The Bertz CT molecular complexity index is 2600. The molecule has 29 nitrogen and oxygen atoms in total. The standard InChI is InChI=1S/C54H76N10O19/c65-48-7-8-49(66)64(48)83-50(67)9-16-71-18-20-73-22-24-75-26-28-77-30-32-79-34-36-81-38-39-82-37-35-80-33-31-78-29-27-76-25-23-74-21-19-72-17-15-61-42-45(58-59-61)43-4-3-5-44(40-43)56-52(69)60-13-10-54(11-14-60)51(68)63(53(70)57-54)47-41-55-46-6-1-2-12-62(46)47/h1-6,12,40-42H,7-11,13-39H2,(H,56,69)(H,57,70). The monoisotopic (exact) mass is 1170 g/mol. The lowest BCUT2D eigenvalue weighted by molar-refractivity contribution is -0.198. The summed E-state index contributed by atoms with van der Waals surface area (Å²) in [6, 6.07) is 11.9. The minimum absolute atomic E-state index is 0.0489. The van der Waals surface area contributed by atoms with Gasteiger partial charge in [0.25, 0.3) is 17.7 Å². The number of amides is 7. The number of imidazole rings is 1. The average Bonchev–Trinajstić information content (AvgIpc) is 2.24. The van der Waals surface area contributed by atoms with E-state index < -0.39 is 29.4 Å². The molecule has 29 heteroatoms. The molecule has 3 aromatic heterocycles. The number of likely N-dealkylation sites (tertiary alicyclic amines) is 1. The second-order valence-corrected chi connectivity index (χ2v) is 18.7. The number of imide groups is 2. The van der Waals surface area contributed by atoms with Gasteiger partial charge in [0.2, 0.25) is 0 Å². The van der Waals surface area contributed by atoms with E-state index >= 15 is 0 Å². The Kier molecular flexibility index (Phi) is 27.9. The Morgan fingerprint density at radius 2 is 1.08 bits per heavy atom.